The summed E-state index contributed by atoms with van der Waals surface area (Å²) in [5.74, 6) is 1.53. The predicted molar refractivity (Wildman–Crippen MR) is 67.7 cm³/mol. The van der Waals surface area contributed by atoms with Gasteiger partial charge in [0.15, 0.2) is 0 Å². The van der Waals surface area contributed by atoms with E-state index >= 15 is 0 Å². The van der Waals surface area contributed by atoms with E-state index < -0.39 is 5.91 Å². The Kier molecular flexibility index (Phi) is 3.88. The van der Waals surface area contributed by atoms with Crippen LogP contribution >= 0.6 is 0 Å². The number of aromatic nitrogens is 2. The smallest absolute Gasteiger partial charge is 0.236 e. The summed E-state index contributed by atoms with van der Waals surface area (Å²) in [7, 11) is 1.75. The Labute approximate surface area is 101 Å². The molecule has 1 amide bonds. The molecule has 0 aliphatic carbocycles. The Bertz CT molecular complexity index is 430. The summed E-state index contributed by atoms with van der Waals surface area (Å²) in [5.41, 5.74) is 11.8. The monoisotopic (exact) mass is 237 g/mol. The van der Waals surface area contributed by atoms with Crippen molar-refractivity contribution in [2.75, 3.05) is 24.2 Å². The fourth-order valence-corrected chi connectivity index (χ4v) is 1.48. The van der Waals surface area contributed by atoms with Crippen molar-refractivity contribution in [2.24, 2.45) is 5.73 Å². The van der Waals surface area contributed by atoms with Crippen molar-refractivity contribution in [1.29, 1.82) is 0 Å². The molecule has 6 heteroatoms. The second-order valence-electron chi connectivity index (χ2n) is 4.39. The quantitative estimate of drug-likeness (QED) is 0.790. The van der Waals surface area contributed by atoms with Gasteiger partial charge in [-0.2, -0.15) is 0 Å². The molecule has 1 aromatic heterocycles. The summed E-state index contributed by atoms with van der Waals surface area (Å²) in [5, 5.41) is 0. The molecule has 0 aliphatic rings. The Hall–Kier alpha value is -1.85. The van der Waals surface area contributed by atoms with E-state index in [0.717, 1.165) is 5.56 Å². The Morgan fingerprint density at radius 1 is 1.41 bits per heavy atom. The Morgan fingerprint density at radius 2 is 2.00 bits per heavy atom. The fourth-order valence-electron chi connectivity index (χ4n) is 1.48. The Balaban J connectivity index is 3.17. The van der Waals surface area contributed by atoms with Crippen LogP contribution in [0, 0.1) is 6.92 Å². The van der Waals surface area contributed by atoms with E-state index in [0.29, 0.717) is 17.5 Å². The second-order valence-corrected chi connectivity index (χ2v) is 4.39. The average Bonchev–Trinajstić information content (AvgIpc) is 2.20. The summed E-state index contributed by atoms with van der Waals surface area (Å²) >= 11 is 0. The number of carbonyl (C=O) groups is 1. The maximum atomic E-state index is 10.9. The molecule has 17 heavy (non-hydrogen) atoms. The molecule has 94 valence electrons. The van der Waals surface area contributed by atoms with Crippen LogP contribution < -0.4 is 16.4 Å². The lowest BCUT2D eigenvalue weighted by atomic mass is 10.2. The zero-order chi connectivity index (χ0) is 13.2. The molecule has 1 aromatic rings. The van der Waals surface area contributed by atoms with Gasteiger partial charge in [0.25, 0.3) is 0 Å². The largest absolute Gasteiger partial charge is 0.383 e. The third kappa shape index (κ3) is 3.05. The molecule has 0 spiro atoms. The van der Waals surface area contributed by atoms with Crippen LogP contribution in [0.5, 0.6) is 0 Å². The molecule has 0 fully saturated rings. The van der Waals surface area contributed by atoms with Crippen molar-refractivity contribution in [3.63, 3.8) is 0 Å². The van der Waals surface area contributed by atoms with Crippen LogP contribution in [-0.2, 0) is 4.79 Å². The molecular weight excluding hydrogens is 218 g/mol. The highest BCUT2D eigenvalue weighted by Gasteiger charge is 2.15. The molecule has 0 unspecified atom stereocenters. The van der Waals surface area contributed by atoms with Gasteiger partial charge in [0.05, 0.1) is 6.54 Å². The van der Waals surface area contributed by atoms with E-state index in [9.17, 15) is 4.79 Å². The van der Waals surface area contributed by atoms with E-state index in [-0.39, 0.29) is 12.5 Å². The summed E-state index contributed by atoms with van der Waals surface area (Å²) in [6.45, 7) is 5.91. The van der Waals surface area contributed by atoms with Gasteiger partial charge in [0, 0.05) is 18.5 Å². The van der Waals surface area contributed by atoms with Gasteiger partial charge in [-0.05, 0) is 6.92 Å². The number of nitrogens with zero attached hydrogens (tertiary/aromatic N) is 3. The topological polar surface area (TPSA) is 98.1 Å². The lowest BCUT2D eigenvalue weighted by Crippen LogP contribution is -2.32. The van der Waals surface area contributed by atoms with Crippen LogP contribution in [0.3, 0.4) is 0 Å². The van der Waals surface area contributed by atoms with Gasteiger partial charge < -0.3 is 16.4 Å². The number of primary amides is 1. The van der Waals surface area contributed by atoms with Gasteiger partial charge in [0.2, 0.25) is 5.91 Å². The predicted octanol–water partition coefficient (Wildman–Crippen LogP) is 0.412. The Morgan fingerprint density at radius 3 is 2.47 bits per heavy atom. The van der Waals surface area contributed by atoms with Crippen molar-refractivity contribution < 1.29 is 4.79 Å². The normalized spacial score (nSPS) is 10.6. The van der Waals surface area contributed by atoms with Crippen LogP contribution in [0.2, 0.25) is 0 Å². The minimum absolute atomic E-state index is 0.106. The minimum Gasteiger partial charge on any atom is -0.383 e. The van der Waals surface area contributed by atoms with Crippen LogP contribution in [0.4, 0.5) is 11.6 Å². The summed E-state index contributed by atoms with van der Waals surface area (Å²) in [6.07, 6.45) is 0. The molecule has 0 bridgehead atoms. The first kappa shape index (κ1) is 13.2. The number of rotatable bonds is 4. The number of nitrogen functional groups attached to an aromatic ring is 1. The van der Waals surface area contributed by atoms with Gasteiger partial charge in [-0.3, -0.25) is 4.79 Å². The average molecular weight is 237 g/mol. The zero-order valence-electron chi connectivity index (χ0n) is 10.7. The van der Waals surface area contributed by atoms with E-state index in [1.54, 1.807) is 11.9 Å². The summed E-state index contributed by atoms with van der Waals surface area (Å²) in [4.78, 5) is 21.2. The number of hydrogen-bond donors (Lipinski definition) is 2. The van der Waals surface area contributed by atoms with Crippen molar-refractivity contribution in [3.05, 3.63) is 11.4 Å². The first-order valence-corrected chi connectivity index (χ1v) is 5.46. The highest BCUT2D eigenvalue weighted by Crippen LogP contribution is 2.23. The fraction of sp³-hybridized carbons (Fsp3) is 0.545. The number of anilines is 2. The SMILES string of the molecule is Cc1c(N)nc(C(C)C)nc1N(C)CC(N)=O. The van der Waals surface area contributed by atoms with E-state index in [2.05, 4.69) is 9.97 Å². The summed E-state index contributed by atoms with van der Waals surface area (Å²) < 4.78 is 0. The molecule has 1 heterocycles. The highest BCUT2D eigenvalue weighted by atomic mass is 16.1. The molecule has 0 aliphatic heterocycles. The van der Waals surface area contributed by atoms with Crippen molar-refractivity contribution in [2.45, 2.75) is 26.7 Å². The lowest BCUT2D eigenvalue weighted by molar-refractivity contribution is -0.116. The van der Waals surface area contributed by atoms with E-state index in [1.807, 2.05) is 20.8 Å². The third-order valence-corrected chi connectivity index (χ3v) is 2.45. The molecule has 0 aromatic carbocycles. The maximum Gasteiger partial charge on any atom is 0.236 e. The van der Waals surface area contributed by atoms with Crippen molar-refractivity contribution in [3.8, 4) is 0 Å². The zero-order valence-corrected chi connectivity index (χ0v) is 10.7. The van der Waals surface area contributed by atoms with Crippen molar-refractivity contribution in [1.82, 2.24) is 9.97 Å². The van der Waals surface area contributed by atoms with Gasteiger partial charge in [-0.25, -0.2) is 9.97 Å². The highest BCUT2D eigenvalue weighted by molar-refractivity contribution is 5.79. The van der Waals surface area contributed by atoms with Gasteiger partial charge in [-0.15, -0.1) is 0 Å². The van der Waals surface area contributed by atoms with Crippen LogP contribution in [-0.4, -0.2) is 29.5 Å². The minimum atomic E-state index is -0.407. The van der Waals surface area contributed by atoms with E-state index in [4.69, 9.17) is 11.5 Å². The first-order valence-electron chi connectivity index (χ1n) is 5.46. The molecule has 1 rings (SSSR count). The molecule has 0 saturated heterocycles. The van der Waals surface area contributed by atoms with Gasteiger partial charge >= 0.3 is 0 Å². The molecule has 6 nitrogen and oxygen atoms in total. The summed E-state index contributed by atoms with van der Waals surface area (Å²) in [6, 6.07) is 0. The molecule has 0 saturated carbocycles. The molecule has 0 atom stereocenters. The molecular formula is C11H19N5O. The standard InChI is InChI=1S/C11H19N5O/c1-6(2)10-14-9(13)7(3)11(15-10)16(4)5-8(12)17/h6H,5H2,1-4H3,(H2,12,17)(H2,13,14,15). The molecule has 4 N–H and O–H groups in total. The number of carbonyl (C=O) groups excluding carboxylic acids is 1. The number of hydrogen-bond acceptors (Lipinski definition) is 5. The van der Waals surface area contributed by atoms with Gasteiger partial charge in [-0.1, -0.05) is 13.8 Å². The second kappa shape index (κ2) is 4.99. The third-order valence-electron chi connectivity index (χ3n) is 2.45. The van der Waals surface area contributed by atoms with E-state index in [1.165, 1.54) is 0 Å². The van der Waals surface area contributed by atoms with Gasteiger partial charge in [0.1, 0.15) is 17.5 Å². The van der Waals surface area contributed by atoms with Crippen molar-refractivity contribution >= 4 is 17.5 Å². The molecule has 0 radical (unpaired) electrons. The van der Waals surface area contributed by atoms with Crippen LogP contribution in [0.25, 0.3) is 0 Å². The number of amides is 1. The van der Waals surface area contributed by atoms with Crippen LogP contribution in [0.15, 0.2) is 0 Å². The first-order chi connectivity index (χ1) is 7.82. The maximum absolute atomic E-state index is 10.9. The van der Waals surface area contributed by atoms with Crippen LogP contribution in [0.1, 0.15) is 31.2 Å². The lowest BCUT2D eigenvalue weighted by Gasteiger charge is -2.20. The number of nitrogens with two attached hydrogens (primary N) is 2. The number of likely N-dealkylation sites (N-methyl/N-ethyl adjacent to an activating group) is 1.